The fourth-order valence-electron chi connectivity index (χ4n) is 3.01. The third-order valence-electron chi connectivity index (χ3n) is 4.18. The summed E-state index contributed by atoms with van der Waals surface area (Å²) in [5.74, 6) is 0.755. The average Bonchev–Trinajstić information content (AvgIpc) is 2.60. The van der Waals surface area contributed by atoms with E-state index in [1.165, 1.54) is 45.3 Å². The normalized spacial score (nSPS) is 30.4. The van der Waals surface area contributed by atoms with Crippen molar-refractivity contribution >= 4 is 0 Å². The van der Waals surface area contributed by atoms with E-state index >= 15 is 0 Å². The molecule has 1 aliphatic carbocycles. The van der Waals surface area contributed by atoms with Crippen molar-refractivity contribution in [3.8, 4) is 0 Å². The predicted molar refractivity (Wildman–Crippen MR) is 61.8 cm³/mol. The van der Waals surface area contributed by atoms with Gasteiger partial charge in [-0.05, 0) is 43.7 Å². The van der Waals surface area contributed by atoms with Crippen LogP contribution in [0, 0.1) is 11.3 Å². The summed E-state index contributed by atoms with van der Waals surface area (Å²) in [7, 11) is 1.80. The Morgan fingerprint density at radius 1 is 1.47 bits per heavy atom. The molecule has 1 atom stereocenters. The number of rotatable bonds is 5. The number of methoxy groups -OCH3 is 1. The molecule has 1 heterocycles. The molecule has 3 nitrogen and oxygen atoms in total. The Bertz CT molecular complexity index is 198. The molecule has 88 valence electrons. The number of hydrogen-bond donors (Lipinski definition) is 1. The lowest BCUT2D eigenvalue weighted by atomic mass is 9.68. The van der Waals surface area contributed by atoms with E-state index in [-0.39, 0.29) is 0 Å². The summed E-state index contributed by atoms with van der Waals surface area (Å²) >= 11 is 0. The van der Waals surface area contributed by atoms with Gasteiger partial charge in [0.2, 0.25) is 0 Å². The van der Waals surface area contributed by atoms with Crippen LogP contribution in [0.1, 0.15) is 25.7 Å². The summed E-state index contributed by atoms with van der Waals surface area (Å²) in [6, 6.07) is 0. The van der Waals surface area contributed by atoms with Crippen LogP contribution in [-0.2, 0) is 4.74 Å². The summed E-state index contributed by atoms with van der Waals surface area (Å²) in [5.41, 5.74) is 6.36. The molecule has 0 bridgehead atoms. The van der Waals surface area contributed by atoms with Gasteiger partial charge in [-0.15, -0.1) is 0 Å². The number of ether oxygens (including phenoxy) is 1. The molecule has 1 aliphatic heterocycles. The van der Waals surface area contributed by atoms with E-state index in [0.717, 1.165) is 19.1 Å². The van der Waals surface area contributed by atoms with Crippen molar-refractivity contribution in [2.75, 3.05) is 39.9 Å². The first-order valence-corrected chi connectivity index (χ1v) is 6.19. The van der Waals surface area contributed by atoms with Crippen molar-refractivity contribution in [2.45, 2.75) is 25.7 Å². The highest BCUT2D eigenvalue weighted by molar-refractivity contribution is 4.92. The quantitative estimate of drug-likeness (QED) is 0.741. The number of nitrogens with two attached hydrogens (primary N) is 1. The summed E-state index contributed by atoms with van der Waals surface area (Å²) < 4.78 is 5.22. The Labute approximate surface area is 93.0 Å². The maximum atomic E-state index is 5.89. The molecule has 0 aromatic heterocycles. The van der Waals surface area contributed by atoms with Crippen LogP contribution in [-0.4, -0.2) is 44.8 Å². The molecule has 0 aromatic carbocycles. The van der Waals surface area contributed by atoms with Crippen molar-refractivity contribution in [3.05, 3.63) is 0 Å². The molecule has 2 rings (SSSR count). The molecule has 0 amide bonds. The first kappa shape index (κ1) is 11.4. The highest BCUT2D eigenvalue weighted by Crippen LogP contribution is 2.41. The number of likely N-dealkylation sites (tertiary alicyclic amines) is 1. The van der Waals surface area contributed by atoms with Crippen molar-refractivity contribution in [3.63, 3.8) is 0 Å². The van der Waals surface area contributed by atoms with Gasteiger partial charge in [-0.3, -0.25) is 0 Å². The molecule has 0 aromatic rings. The Morgan fingerprint density at radius 3 is 2.80 bits per heavy atom. The fourth-order valence-corrected chi connectivity index (χ4v) is 3.01. The van der Waals surface area contributed by atoms with Crippen molar-refractivity contribution in [1.29, 1.82) is 0 Å². The van der Waals surface area contributed by atoms with Gasteiger partial charge in [-0.1, -0.05) is 6.42 Å². The van der Waals surface area contributed by atoms with Crippen LogP contribution in [0.25, 0.3) is 0 Å². The van der Waals surface area contributed by atoms with Crippen LogP contribution in [0.3, 0.4) is 0 Å². The Kier molecular flexibility index (Phi) is 3.65. The van der Waals surface area contributed by atoms with E-state index in [9.17, 15) is 0 Å². The molecule has 1 unspecified atom stereocenters. The lowest BCUT2D eigenvalue weighted by Gasteiger charge is -2.43. The highest BCUT2D eigenvalue weighted by atomic mass is 16.5. The predicted octanol–water partition coefficient (Wildman–Crippen LogP) is 1.08. The zero-order valence-corrected chi connectivity index (χ0v) is 9.87. The molecule has 2 N–H and O–H groups in total. The fraction of sp³-hybridized carbons (Fsp3) is 1.00. The minimum atomic E-state index is 0.474. The van der Waals surface area contributed by atoms with Gasteiger partial charge in [0.05, 0.1) is 6.61 Å². The van der Waals surface area contributed by atoms with Gasteiger partial charge < -0.3 is 15.4 Å². The van der Waals surface area contributed by atoms with E-state index < -0.39 is 0 Å². The van der Waals surface area contributed by atoms with Crippen LogP contribution in [0.15, 0.2) is 0 Å². The van der Waals surface area contributed by atoms with Crippen LogP contribution in [0.4, 0.5) is 0 Å². The van der Waals surface area contributed by atoms with Gasteiger partial charge in [0, 0.05) is 20.2 Å². The zero-order valence-electron chi connectivity index (χ0n) is 9.87. The maximum absolute atomic E-state index is 5.89. The minimum absolute atomic E-state index is 0.474. The largest absolute Gasteiger partial charge is 0.384 e. The first-order chi connectivity index (χ1) is 7.28. The number of hydrogen-bond acceptors (Lipinski definition) is 3. The number of nitrogens with zero attached hydrogens (tertiary/aromatic N) is 1. The second-order valence-electron chi connectivity index (χ2n) is 5.40. The molecule has 15 heavy (non-hydrogen) atoms. The van der Waals surface area contributed by atoms with Crippen molar-refractivity contribution in [1.82, 2.24) is 4.90 Å². The third-order valence-corrected chi connectivity index (χ3v) is 4.18. The summed E-state index contributed by atoms with van der Waals surface area (Å²) in [5, 5.41) is 0. The molecule has 2 fully saturated rings. The second-order valence-corrected chi connectivity index (χ2v) is 5.40. The van der Waals surface area contributed by atoms with E-state index in [2.05, 4.69) is 4.90 Å². The molecule has 3 heteroatoms. The van der Waals surface area contributed by atoms with Gasteiger partial charge in [-0.25, -0.2) is 0 Å². The zero-order chi connectivity index (χ0) is 10.7. The van der Waals surface area contributed by atoms with Gasteiger partial charge >= 0.3 is 0 Å². The summed E-state index contributed by atoms with van der Waals surface area (Å²) in [4.78, 5) is 2.59. The summed E-state index contributed by atoms with van der Waals surface area (Å²) in [6.07, 6.45) is 5.37. The standard InChI is InChI=1S/C12H24N2O/c1-15-8-11-3-6-14(7-11)10-12(9-13)4-2-5-12/h11H,2-10,13H2,1H3. The van der Waals surface area contributed by atoms with Crippen LogP contribution < -0.4 is 5.73 Å². The molecular formula is C12H24N2O. The topological polar surface area (TPSA) is 38.5 Å². The Balaban J connectivity index is 1.76. The van der Waals surface area contributed by atoms with E-state index in [1.54, 1.807) is 7.11 Å². The van der Waals surface area contributed by atoms with Crippen molar-refractivity contribution < 1.29 is 4.74 Å². The van der Waals surface area contributed by atoms with Crippen LogP contribution in [0.2, 0.25) is 0 Å². The first-order valence-electron chi connectivity index (χ1n) is 6.19. The SMILES string of the molecule is COCC1CCN(CC2(CN)CCC2)C1. The van der Waals surface area contributed by atoms with E-state index in [4.69, 9.17) is 10.5 Å². The minimum Gasteiger partial charge on any atom is -0.384 e. The lowest BCUT2D eigenvalue weighted by molar-refractivity contribution is 0.0808. The summed E-state index contributed by atoms with van der Waals surface area (Å²) in [6.45, 7) is 5.49. The maximum Gasteiger partial charge on any atom is 0.0503 e. The van der Waals surface area contributed by atoms with E-state index in [0.29, 0.717) is 5.41 Å². The monoisotopic (exact) mass is 212 g/mol. The van der Waals surface area contributed by atoms with Gasteiger partial charge in [-0.2, -0.15) is 0 Å². The van der Waals surface area contributed by atoms with Gasteiger partial charge in [0.15, 0.2) is 0 Å². The Hall–Kier alpha value is -0.120. The van der Waals surface area contributed by atoms with Crippen molar-refractivity contribution in [2.24, 2.45) is 17.1 Å². The average molecular weight is 212 g/mol. The van der Waals surface area contributed by atoms with Gasteiger partial charge in [0.25, 0.3) is 0 Å². The molecular weight excluding hydrogens is 188 g/mol. The third kappa shape index (κ3) is 2.52. The van der Waals surface area contributed by atoms with Crippen LogP contribution in [0.5, 0.6) is 0 Å². The molecule has 0 spiro atoms. The molecule has 1 saturated heterocycles. The molecule has 1 saturated carbocycles. The second kappa shape index (κ2) is 4.81. The van der Waals surface area contributed by atoms with Crippen LogP contribution >= 0.6 is 0 Å². The van der Waals surface area contributed by atoms with Gasteiger partial charge in [0.1, 0.15) is 0 Å². The molecule has 2 aliphatic rings. The Morgan fingerprint density at radius 2 is 2.27 bits per heavy atom. The lowest BCUT2D eigenvalue weighted by Crippen LogP contribution is -2.46. The highest BCUT2D eigenvalue weighted by Gasteiger charge is 2.38. The molecule has 0 radical (unpaired) electrons. The van der Waals surface area contributed by atoms with E-state index in [1.807, 2.05) is 0 Å². The smallest absolute Gasteiger partial charge is 0.0503 e.